The van der Waals surface area contributed by atoms with Crippen molar-refractivity contribution in [3.8, 4) is 0 Å². The van der Waals surface area contributed by atoms with Crippen LogP contribution < -0.4 is 4.90 Å². The molecule has 134 valence electrons. The van der Waals surface area contributed by atoms with Gasteiger partial charge in [0.2, 0.25) is 5.91 Å². The first kappa shape index (κ1) is 16.2. The van der Waals surface area contributed by atoms with Gasteiger partial charge in [0.25, 0.3) is 5.78 Å². The molecule has 2 aliphatic rings. The molecule has 0 bridgehead atoms. The third-order valence-electron chi connectivity index (χ3n) is 4.78. The number of piperazine rings is 1. The van der Waals surface area contributed by atoms with Crippen molar-refractivity contribution in [1.29, 1.82) is 0 Å². The highest BCUT2D eigenvalue weighted by molar-refractivity contribution is 5.78. The first-order valence-corrected chi connectivity index (χ1v) is 8.71. The van der Waals surface area contributed by atoms with E-state index in [-0.39, 0.29) is 5.91 Å². The van der Waals surface area contributed by atoms with E-state index in [2.05, 4.69) is 24.9 Å². The fourth-order valence-electron chi connectivity index (χ4n) is 3.37. The lowest BCUT2D eigenvalue weighted by Gasteiger charge is -2.37. The lowest BCUT2D eigenvalue weighted by Crippen LogP contribution is -2.52. The van der Waals surface area contributed by atoms with Crippen LogP contribution in [-0.2, 0) is 9.53 Å². The molecular formula is C16H23N7O2. The molecule has 0 aromatic carbocycles. The van der Waals surface area contributed by atoms with Gasteiger partial charge in [-0.2, -0.15) is 14.6 Å². The summed E-state index contributed by atoms with van der Waals surface area (Å²) < 4.78 is 7.10. The lowest BCUT2D eigenvalue weighted by atomic mass is 10.2. The van der Waals surface area contributed by atoms with Crippen LogP contribution in [0.3, 0.4) is 0 Å². The fourth-order valence-corrected chi connectivity index (χ4v) is 3.37. The Balaban J connectivity index is 1.39. The number of ether oxygens (including phenoxy) is 1. The molecule has 1 amide bonds. The van der Waals surface area contributed by atoms with Crippen LogP contribution in [-0.4, -0.2) is 94.3 Å². The van der Waals surface area contributed by atoms with Crippen molar-refractivity contribution in [2.24, 2.45) is 0 Å². The lowest BCUT2D eigenvalue weighted by molar-refractivity contribution is -0.133. The average Bonchev–Trinajstić information content (AvgIpc) is 3.10. The largest absolute Gasteiger partial charge is 0.379 e. The molecule has 9 heteroatoms. The second-order valence-corrected chi connectivity index (χ2v) is 6.48. The molecule has 2 aromatic heterocycles. The van der Waals surface area contributed by atoms with E-state index in [1.165, 1.54) is 6.33 Å². The Morgan fingerprint density at radius 1 is 1.16 bits per heavy atom. The van der Waals surface area contributed by atoms with Crippen molar-refractivity contribution in [1.82, 2.24) is 29.4 Å². The molecule has 2 fully saturated rings. The second-order valence-electron chi connectivity index (χ2n) is 6.48. The number of carbonyl (C=O) groups excluding carboxylic acids is 1. The van der Waals surface area contributed by atoms with Gasteiger partial charge >= 0.3 is 0 Å². The summed E-state index contributed by atoms with van der Waals surface area (Å²) in [6, 6.07) is 2.02. The summed E-state index contributed by atoms with van der Waals surface area (Å²) in [4.78, 5) is 27.5. The summed E-state index contributed by atoms with van der Waals surface area (Å²) in [5, 5.41) is 4.27. The van der Waals surface area contributed by atoms with E-state index in [4.69, 9.17) is 4.74 Å². The third-order valence-corrected chi connectivity index (χ3v) is 4.78. The number of amides is 1. The van der Waals surface area contributed by atoms with Crippen molar-refractivity contribution >= 4 is 17.5 Å². The van der Waals surface area contributed by atoms with Gasteiger partial charge in [0.05, 0.1) is 19.8 Å². The van der Waals surface area contributed by atoms with E-state index in [1.54, 1.807) is 4.52 Å². The first-order chi connectivity index (χ1) is 12.2. The zero-order valence-electron chi connectivity index (χ0n) is 14.5. The van der Waals surface area contributed by atoms with Gasteiger partial charge in [0.15, 0.2) is 0 Å². The van der Waals surface area contributed by atoms with Crippen molar-refractivity contribution in [3.63, 3.8) is 0 Å². The maximum atomic E-state index is 12.5. The summed E-state index contributed by atoms with van der Waals surface area (Å²) in [6.45, 7) is 8.58. The van der Waals surface area contributed by atoms with E-state index >= 15 is 0 Å². The average molecular weight is 345 g/mol. The van der Waals surface area contributed by atoms with Crippen LogP contribution in [0, 0.1) is 6.92 Å². The summed E-state index contributed by atoms with van der Waals surface area (Å²) in [6.07, 6.45) is 1.52. The van der Waals surface area contributed by atoms with E-state index < -0.39 is 0 Å². The maximum Gasteiger partial charge on any atom is 0.254 e. The number of morpholine rings is 1. The standard InChI is InChI=1S/C16H23N7O2/c1-13-10-14(23-16(19-13)17-12-18-23)21-2-4-22(5-3-21)15(24)11-20-6-8-25-9-7-20/h10,12H,2-9,11H2,1H3. The minimum atomic E-state index is 0.207. The van der Waals surface area contributed by atoms with Crippen LogP contribution in [0.25, 0.3) is 5.78 Å². The maximum absolute atomic E-state index is 12.5. The van der Waals surface area contributed by atoms with Crippen molar-refractivity contribution in [2.75, 3.05) is 63.9 Å². The van der Waals surface area contributed by atoms with Gasteiger partial charge in [-0.05, 0) is 6.92 Å². The van der Waals surface area contributed by atoms with Gasteiger partial charge in [-0.1, -0.05) is 0 Å². The zero-order chi connectivity index (χ0) is 17.2. The minimum Gasteiger partial charge on any atom is -0.379 e. The van der Waals surface area contributed by atoms with Crippen LogP contribution in [0.4, 0.5) is 5.82 Å². The predicted molar refractivity (Wildman–Crippen MR) is 91.6 cm³/mol. The molecule has 4 heterocycles. The van der Waals surface area contributed by atoms with E-state index in [0.717, 1.165) is 64.0 Å². The monoisotopic (exact) mass is 345 g/mol. The molecular weight excluding hydrogens is 322 g/mol. The summed E-state index contributed by atoms with van der Waals surface area (Å²) in [5.74, 6) is 1.81. The molecule has 4 rings (SSSR count). The third kappa shape index (κ3) is 3.42. The molecule has 0 aliphatic carbocycles. The fraction of sp³-hybridized carbons (Fsp3) is 0.625. The number of fused-ring (bicyclic) bond motifs is 1. The van der Waals surface area contributed by atoms with Gasteiger partial charge in [-0.15, -0.1) is 0 Å². The molecule has 0 radical (unpaired) electrons. The molecule has 0 unspecified atom stereocenters. The Morgan fingerprint density at radius 3 is 2.68 bits per heavy atom. The SMILES string of the molecule is Cc1cc(N2CCN(C(=O)CN3CCOCC3)CC2)n2ncnc2n1. The molecule has 0 N–H and O–H groups in total. The van der Waals surface area contributed by atoms with Crippen LogP contribution in [0.1, 0.15) is 5.69 Å². The molecule has 0 spiro atoms. The van der Waals surface area contributed by atoms with Crippen molar-refractivity contribution in [2.45, 2.75) is 6.92 Å². The Hall–Kier alpha value is -2.26. The molecule has 0 saturated carbocycles. The Morgan fingerprint density at radius 2 is 1.92 bits per heavy atom. The number of aryl methyl sites for hydroxylation is 1. The molecule has 2 aliphatic heterocycles. The van der Waals surface area contributed by atoms with Crippen molar-refractivity contribution in [3.05, 3.63) is 18.1 Å². The molecule has 25 heavy (non-hydrogen) atoms. The Bertz CT molecular complexity index is 748. The van der Waals surface area contributed by atoms with Gasteiger partial charge in [0, 0.05) is 51.0 Å². The summed E-state index contributed by atoms with van der Waals surface area (Å²) in [5.41, 5.74) is 0.918. The molecule has 0 atom stereocenters. The number of anilines is 1. The number of aromatic nitrogens is 4. The predicted octanol–water partition coefficient (Wildman–Crippen LogP) is -0.586. The van der Waals surface area contributed by atoms with Gasteiger partial charge in [0.1, 0.15) is 12.1 Å². The topological polar surface area (TPSA) is 79.1 Å². The summed E-state index contributed by atoms with van der Waals surface area (Å²) in [7, 11) is 0. The number of nitrogens with zero attached hydrogens (tertiary/aromatic N) is 7. The van der Waals surface area contributed by atoms with Crippen LogP contribution in [0.15, 0.2) is 12.4 Å². The van der Waals surface area contributed by atoms with E-state index in [1.807, 2.05) is 17.9 Å². The normalized spacial score (nSPS) is 19.6. The smallest absolute Gasteiger partial charge is 0.254 e. The number of carbonyl (C=O) groups is 1. The quantitative estimate of drug-likeness (QED) is 0.736. The number of hydrogen-bond donors (Lipinski definition) is 0. The van der Waals surface area contributed by atoms with Crippen molar-refractivity contribution < 1.29 is 9.53 Å². The highest BCUT2D eigenvalue weighted by atomic mass is 16.5. The van der Waals surface area contributed by atoms with Crippen LogP contribution >= 0.6 is 0 Å². The molecule has 2 aromatic rings. The van der Waals surface area contributed by atoms with Gasteiger partial charge < -0.3 is 14.5 Å². The Kier molecular flexibility index (Phi) is 4.50. The Labute approximate surface area is 146 Å². The first-order valence-electron chi connectivity index (χ1n) is 8.71. The van der Waals surface area contributed by atoms with Crippen LogP contribution in [0.5, 0.6) is 0 Å². The summed E-state index contributed by atoms with van der Waals surface area (Å²) >= 11 is 0. The number of rotatable bonds is 3. The number of hydrogen-bond acceptors (Lipinski definition) is 7. The van der Waals surface area contributed by atoms with E-state index in [9.17, 15) is 4.79 Å². The molecule has 9 nitrogen and oxygen atoms in total. The second kappa shape index (κ2) is 6.93. The minimum absolute atomic E-state index is 0.207. The highest BCUT2D eigenvalue weighted by Crippen LogP contribution is 2.18. The van der Waals surface area contributed by atoms with E-state index in [0.29, 0.717) is 12.3 Å². The molecule has 2 saturated heterocycles. The van der Waals surface area contributed by atoms with Crippen LogP contribution in [0.2, 0.25) is 0 Å². The zero-order valence-corrected chi connectivity index (χ0v) is 14.5. The van der Waals surface area contributed by atoms with Gasteiger partial charge in [-0.25, -0.2) is 4.98 Å². The highest BCUT2D eigenvalue weighted by Gasteiger charge is 2.25. The van der Waals surface area contributed by atoms with Gasteiger partial charge in [-0.3, -0.25) is 9.69 Å².